The molecule has 0 heterocycles. The zero-order valence-electron chi connectivity index (χ0n) is 6.29. The highest BCUT2D eigenvalue weighted by Gasteiger charge is 1.81. The van der Waals surface area contributed by atoms with Gasteiger partial charge in [-0.2, -0.15) is 0 Å². The van der Waals surface area contributed by atoms with Crippen molar-refractivity contribution in [3.8, 4) is 0 Å². The Morgan fingerprint density at radius 1 is 1.70 bits per heavy atom. The normalized spacial score (nSPS) is 8.60. The summed E-state index contributed by atoms with van der Waals surface area (Å²) in [7, 11) is 3.21. The average Bonchev–Trinajstić information content (AvgIpc) is 1.98. The minimum absolute atomic E-state index is 0.599. The van der Waals surface area contributed by atoms with Gasteiger partial charge < -0.3 is 4.74 Å². The monoisotopic (exact) mass is 137 g/mol. The summed E-state index contributed by atoms with van der Waals surface area (Å²) < 4.78 is 4.87. The Labute approximate surface area is 61.2 Å². The second-order valence-corrected chi connectivity index (χ2v) is 1.50. The molecule has 0 bridgehead atoms. The van der Waals surface area contributed by atoms with Crippen molar-refractivity contribution in [2.24, 2.45) is 4.99 Å². The quantitative estimate of drug-likeness (QED) is 0.328. The molecule has 0 aromatic carbocycles. The third kappa shape index (κ3) is 3.70. The predicted molar refractivity (Wildman–Crippen MR) is 43.2 cm³/mol. The van der Waals surface area contributed by atoms with Crippen LogP contribution >= 0.6 is 0 Å². The standard InChI is InChI=1S/C8H11NO/c1-4-5-6-8(10-3)7-9-2/h4-6H,1H2,2-3H3/b6-5+. The van der Waals surface area contributed by atoms with E-state index in [9.17, 15) is 0 Å². The zero-order valence-corrected chi connectivity index (χ0v) is 6.29. The fourth-order valence-electron chi connectivity index (χ4n) is 0.417. The Morgan fingerprint density at radius 2 is 2.40 bits per heavy atom. The molecule has 0 amide bonds. The Bertz CT molecular complexity index is 185. The molecule has 0 rings (SSSR count). The lowest BCUT2D eigenvalue weighted by atomic mass is 10.4. The first-order valence-corrected chi connectivity index (χ1v) is 2.90. The van der Waals surface area contributed by atoms with Gasteiger partial charge in [0.2, 0.25) is 0 Å². The lowest BCUT2D eigenvalue weighted by molar-refractivity contribution is 0.313. The maximum atomic E-state index is 4.87. The van der Waals surface area contributed by atoms with E-state index in [2.05, 4.69) is 17.4 Å². The molecule has 0 aromatic heterocycles. The molecular formula is C8H11NO. The fraction of sp³-hybridized carbons (Fsp3) is 0.250. The summed E-state index contributed by atoms with van der Waals surface area (Å²) in [6.45, 7) is 3.51. The van der Waals surface area contributed by atoms with Gasteiger partial charge >= 0.3 is 0 Å². The highest BCUT2D eigenvalue weighted by Crippen LogP contribution is 1.90. The number of nitrogens with zero attached hydrogens (tertiary/aromatic N) is 1. The molecule has 0 unspecified atom stereocenters. The van der Waals surface area contributed by atoms with Gasteiger partial charge in [0.05, 0.1) is 7.11 Å². The Hall–Kier alpha value is -1.27. The van der Waals surface area contributed by atoms with Gasteiger partial charge in [0.25, 0.3) is 0 Å². The third-order valence-electron chi connectivity index (χ3n) is 0.826. The van der Waals surface area contributed by atoms with Crippen molar-refractivity contribution < 1.29 is 4.74 Å². The second kappa shape index (κ2) is 5.86. The van der Waals surface area contributed by atoms with E-state index in [0.717, 1.165) is 0 Å². The van der Waals surface area contributed by atoms with E-state index in [0.29, 0.717) is 5.76 Å². The Kier molecular flexibility index (Phi) is 5.12. The highest BCUT2D eigenvalue weighted by molar-refractivity contribution is 5.59. The molecule has 10 heavy (non-hydrogen) atoms. The van der Waals surface area contributed by atoms with Crippen LogP contribution in [-0.4, -0.2) is 20.0 Å². The average molecular weight is 137 g/mol. The summed E-state index contributed by atoms with van der Waals surface area (Å²) >= 11 is 0. The molecule has 0 aliphatic rings. The van der Waals surface area contributed by atoms with Crippen LogP contribution in [0.15, 0.2) is 35.6 Å². The molecule has 54 valence electrons. The molecule has 0 N–H and O–H groups in total. The van der Waals surface area contributed by atoms with E-state index < -0.39 is 0 Å². The maximum absolute atomic E-state index is 4.87. The summed E-state index contributed by atoms with van der Waals surface area (Å²) in [5, 5.41) is 0. The van der Waals surface area contributed by atoms with Crippen molar-refractivity contribution in [1.82, 2.24) is 0 Å². The largest absolute Gasteiger partial charge is 0.488 e. The van der Waals surface area contributed by atoms with Gasteiger partial charge in [0.15, 0.2) is 5.76 Å². The molecular weight excluding hydrogens is 126 g/mol. The van der Waals surface area contributed by atoms with E-state index in [1.165, 1.54) is 0 Å². The minimum atomic E-state index is 0.599. The molecule has 0 saturated carbocycles. The van der Waals surface area contributed by atoms with Crippen LogP contribution in [-0.2, 0) is 4.74 Å². The van der Waals surface area contributed by atoms with Crippen molar-refractivity contribution in [1.29, 1.82) is 0 Å². The summed E-state index contributed by atoms with van der Waals surface area (Å²) in [5.41, 5.74) is 0. The smallest absolute Gasteiger partial charge is 0.180 e. The lowest BCUT2D eigenvalue weighted by Gasteiger charge is -1.91. The van der Waals surface area contributed by atoms with E-state index >= 15 is 0 Å². The SMILES string of the molecule is C=C/C=C/C(=C=NC)OC. The van der Waals surface area contributed by atoms with Crippen LogP contribution in [0.1, 0.15) is 0 Å². The first-order valence-electron chi connectivity index (χ1n) is 2.90. The molecule has 0 radical (unpaired) electrons. The van der Waals surface area contributed by atoms with E-state index in [1.807, 2.05) is 0 Å². The predicted octanol–water partition coefficient (Wildman–Crippen LogP) is 1.56. The fourth-order valence-corrected chi connectivity index (χ4v) is 0.417. The number of methoxy groups -OCH3 is 1. The molecule has 0 saturated heterocycles. The molecule has 0 aliphatic carbocycles. The molecule has 0 fully saturated rings. The molecule has 2 nitrogen and oxygen atoms in total. The summed E-state index contributed by atoms with van der Waals surface area (Å²) in [4.78, 5) is 3.66. The number of hydrogen-bond acceptors (Lipinski definition) is 2. The van der Waals surface area contributed by atoms with Crippen LogP contribution in [0.2, 0.25) is 0 Å². The Balaban J connectivity index is 4.23. The van der Waals surface area contributed by atoms with Crippen LogP contribution in [0.5, 0.6) is 0 Å². The number of hydrogen-bond donors (Lipinski definition) is 0. The molecule has 0 spiro atoms. The van der Waals surface area contributed by atoms with Gasteiger partial charge in [0, 0.05) is 12.9 Å². The zero-order chi connectivity index (χ0) is 7.82. The van der Waals surface area contributed by atoms with Crippen LogP contribution in [0, 0.1) is 0 Å². The summed E-state index contributed by atoms with van der Waals surface area (Å²) in [5.74, 6) is 3.25. The topological polar surface area (TPSA) is 21.6 Å². The Morgan fingerprint density at radius 3 is 2.80 bits per heavy atom. The van der Waals surface area contributed by atoms with Crippen molar-refractivity contribution in [3.05, 3.63) is 30.6 Å². The van der Waals surface area contributed by atoms with Gasteiger partial charge in [-0.05, 0) is 6.08 Å². The second-order valence-electron chi connectivity index (χ2n) is 1.50. The van der Waals surface area contributed by atoms with Crippen molar-refractivity contribution in [2.75, 3.05) is 14.2 Å². The summed E-state index contributed by atoms with van der Waals surface area (Å²) in [6, 6.07) is 0. The first kappa shape index (κ1) is 8.73. The number of aliphatic imine (C=N–C) groups is 1. The van der Waals surface area contributed by atoms with E-state index in [1.54, 1.807) is 32.4 Å². The molecule has 0 aliphatic heterocycles. The van der Waals surface area contributed by atoms with Gasteiger partial charge in [-0.1, -0.05) is 18.7 Å². The van der Waals surface area contributed by atoms with Crippen molar-refractivity contribution >= 4 is 5.87 Å². The van der Waals surface area contributed by atoms with Gasteiger partial charge in [-0.15, -0.1) is 0 Å². The highest BCUT2D eigenvalue weighted by atomic mass is 16.5. The third-order valence-corrected chi connectivity index (χ3v) is 0.826. The molecule has 0 atom stereocenters. The van der Waals surface area contributed by atoms with Gasteiger partial charge in [-0.25, -0.2) is 4.99 Å². The molecule has 2 heteroatoms. The van der Waals surface area contributed by atoms with Gasteiger partial charge in [-0.3, -0.25) is 0 Å². The summed E-state index contributed by atoms with van der Waals surface area (Å²) in [6.07, 6.45) is 5.16. The number of rotatable bonds is 3. The van der Waals surface area contributed by atoms with Crippen LogP contribution < -0.4 is 0 Å². The van der Waals surface area contributed by atoms with Crippen LogP contribution in [0.25, 0.3) is 0 Å². The van der Waals surface area contributed by atoms with Gasteiger partial charge in [0.1, 0.15) is 0 Å². The number of allylic oxidation sites excluding steroid dienone is 3. The van der Waals surface area contributed by atoms with Crippen molar-refractivity contribution in [3.63, 3.8) is 0 Å². The first-order chi connectivity index (χ1) is 4.85. The number of ether oxygens (including phenoxy) is 1. The van der Waals surface area contributed by atoms with E-state index in [-0.39, 0.29) is 0 Å². The lowest BCUT2D eigenvalue weighted by Crippen LogP contribution is -1.80. The van der Waals surface area contributed by atoms with Crippen LogP contribution in [0.4, 0.5) is 0 Å². The van der Waals surface area contributed by atoms with Crippen molar-refractivity contribution in [2.45, 2.75) is 0 Å². The molecule has 0 aromatic rings. The maximum Gasteiger partial charge on any atom is 0.180 e. The minimum Gasteiger partial charge on any atom is -0.488 e. The van der Waals surface area contributed by atoms with Crippen LogP contribution in [0.3, 0.4) is 0 Å². The van der Waals surface area contributed by atoms with E-state index in [4.69, 9.17) is 4.74 Å².